The maximum atomic E-state index is 13.2. The molecule has 10 heteroatoms. The summed E-state index contributed by atoms with van der Waals surface area (Å²) in [5.41, 5.74) is -0.589. The van der Waals surface area contributed by atoms with Crippen molar-refractivity contribution < 1.29 is 22.7 Å². The molecule has 1 aromatic carbocycles. The molecule has 0 amide bonds. The van der Waals surface area contributed by atoms with Gasteiger partial charge < -0.3 is 5.11 Å². The third kappa shape index (κ3) is 3.26. The van der Waals surface area contributed by atoms with Crippen molar-refractivity contribution >= 4 is 33.4 Å². The van der Waals surface area contributed by atoms with Gasteiger partial charge in [0, 0.05) is 12.4 Å². The van der Waals surface area contributed by atoms with Crippen LogP contribution >= 0.6 is 11.6 Å². The van der Waals surface area contributed by atoms with Crippen molar-refractivity contribution in [1.29, 1.82) is 0 Å². The van der Waals surface area contributed by atoms with E-state index in [4.69, 9.17) is 16.7 Å². The first-order chi connectivity index (χ1) is 9.81. The lowest BCUT2D eigenvalue weighted by molar-refractivity contribution is 0.0691. The van der Waals surface area contributed by atoms with Gasteiger partial charge in [-0.1, -0.05) is 11.6 Å². The Morgan fingerprint density at radius 2 is 1.95 bits per heavy atom. The molecule has 110 valence electrons. The van der Waals surface area contributed by atoms with Gasteiger partial charge in [-0.25, -0.2) is 27.6 Å². The van der Waals surface area contributed by atoms with E-state index in [2.05, 4.69) is 9.97 Å². The van der Waals surface area contributed by atoms with E-state index in [0.717, 1.165) is 24.5 Å². The Morgan fingerprint density at radius 1 is 1.29 bits per heavy atom. The van der Waals surface area contributed by atoms with E-state index in [0.29, 0.717) is 6.07 Å². The smallest absolute Gasteiger partial charge is 0.358 e. The summed E-state index contributed by atoms with van der Waals surface area (Å²) in [7, 11) is -4.31. The monoisotopic (exact) mass is 331 g/mol. The number of anilines is 1. The number of hydrogen-bond acceptors (Lipinski definition) is 5. The van der Waals surface area contributed by atoms with Crippen LogP contribution < -0.4 is 4.72 Å². The SMILES string of the molecule is O=C(O)c1nccnc1NS(=O)(=O)c1cc(F)ccc1Cl. The van der Waals surface area contributed by atoms with Crippen LogP contribution in [0, 0.1) is 5.82 Å². The summed E-state index contributed by atoms with van der Waals surface area (Å²) in [4.78, 5) is 17.5. The molecule has 0 spiro atoms. The molecule has 0 bridgehead atoms. The van der Waals surface area contributed by atoms with Crippen molar-refractivity contribution in [2.24, 2.45) is 0 Å². The number of hydrogen-bond donors (Lipinski definition) is 2. The van der Waals surface area contributed by atoms with Gasteiger partial charge in [-0.05, 0) is 18.2 Å². The summed E-state index contributed by atoms with van der Waals surface area (Å²) in [5.74, 6) is -2.77. The summed E-state index contributed by atoms with van der Waals surface area (Å²) in [5, 5.41) is 8.69. The molecular weight excluding hydrogens is 325 g/mol. The Hall–Kier alpha value is -2.26. The van der Waals surface area contributed by atoms with Crippen LogP contribution in [0.15, 0.2) is 35.5 Å². The zero-order valence-electron chi connectivity index (χ0n) is 10.1. The topological polar surface area (TPSA) is 109 Å². The Balaban J connectivity index is 2.48. The van der Waals surface area contributed by atoms with Crippen LogP contribution in [0.25, 0.3) is 0 Å². The second kappa shape index (κ2) is 5.62. The average molecular weight is 332 g/mol. The second-order valence-electron chi connectivity index (χ2n) is 3.74. The van der Waals surface area contributed by atoms with Gasteiger partial charge in [0.15, 0.2) is 11.5 Å². The lowest BCUT2D eigenvalue weighted by Gasteiger charge is -2.10. The van der Waals surface area contributed by atoms with E-state index in [1.165, 1.54) is 0 Å². The number of halogens is 2. The van der Waals surface area contributed by atoms with Crippen LogP contribution in [-0.4, -0.2) is 29.5 Å². The summed E-state index contributed by atoms with van der Waals surface area (Å²) >= 11 is 5.71. The van der Waals surface area contributed by atoms with Crippen molar-refractivity contribution in [3.63, 3.8) is 0 Å². The molecule has 1 aromatic heterocycles. The van der Waals surface area contributed by atoms with Crippen molar-refractivity contribution in [1.82, 2.24) is 9.97 Å². The van der Waals surface area contributed by atoms with Gasteiger partial charge in [-0.2, -0.15) is 0 Å². The number of carboxylic acid groups (broad SMARTS) is 1. The number of nitrogens with one attached hydrogen (secondary N) is 1. The average Bonchev–Trinajstić information content (AvgIpc) is 2.41. The number of sulfonamides is 1. The molecular formula is C11H7ClFN3O4S. The summed E-state index contributed by atoms with van der Waals surface area (Å²) in [6.07, 6.45) is 2.20. The van der Waals surface area contributed by atoms with Crippen molar-refractivity contribution in [3.8, 4) is 0 Å². The minimum absolute atomic E-state index is 0.218. The molecule has 2 aromatic rings. The molecule has 0 aliphatic rings. The van der Waals surface area contributed by atoms with Gasteiger partial charge in [-0.15, -0.1) is 0 Å². The third-order valence-corrected chi connectivity index (χ3v) is 4.14. The van der Waals surface area contributed by atoms with Gasteiger partial charge in [0.25, 0.3) is 10.0 Å². The van der Waals surface area contributed by atoms with Gasteiger partial charge in [0.05, 0.1) is 5.02 Å². The molecule has 0 unspecified atom stereocenters. The fraction of sp³-hybridized carbons (Fsp3) is 0. The molecule has 7 nitrogen and oxygen atoms in total. The van der Waals surface area contributed by atoms with Crippen LogP contribution in [0.1, 0.15) is 10.5 Å². The largest absolute Gasteiger partial charge is 0.476 e. The molecule has 0 radical (unpaired) electrons. The molecule has 21 heavy (non-hydrogen) atoms. The number of nitrogens with zero attached hydrogens (tertiary/aromatic N) is 2. The van der Waals surface area contributed by atoms with Crippen LogP contribution in [0.4, 0.5) is 10.2 Å². The molecule has 0 aliphatic carbocycles. The second-order valence-corrected chi connectivity index (χ2v) is 5.80. The number of rotatable bonds is 4. The first-order valence-corrected chi connectivity index (χ1v) is 7.19. The zero-order valence-corrected chi connectivity index (χ0v) is 11.7. The van der Waals surface area contributed by atoms with Crippen molar-refractivity contribution in [2.75, 3.05) is 4.72 Å². The summed E-state index contributed by atoms with van der Waals surface area (Å²) in [6, 6.07) is 2.77. The van der Waals surface area contributed by atoms with E-state index in [1.807, 2.05) is 4.72 Å². The lowest BCUT2D eigenvalue weighted by atomic mass is 10.3. The summed E-state index contributed by atoms with van der Waals surface area (Å²) in [6.45, 7) is 0. The summed E-state index contributed by atoms with van der Waals surface area (Å²) < 4.78 is 39.3. The molecule has 0 saturated heterocycles. The fourth-order valence-electron chi connectivity index (χ4n) is 1.43. The minimum Gasteiger partial charge on any atom is -0.476 e. The molecule has 2 rings (SSSR count). The number of carboxylic acids is 1. The number of carbonyl (C=O) groups is 1. The van der Waals surface area contributed by atoms with Gasteiger partial charge in [0.2, 0.25) is 0 Å². The highest BCUT2D eigenvalue weighted by atomic mass is 35.5. The Morgan fingerprint density at radius 3 is 2.62 bits per heavy atom. The first-order valence-electron chi connectivity index (χ1n) is 5.33. The van der Waals surface area contributed by atoms with E-state index in [9.17, 15) is 17.6 Å². The molecule has 2 N–H and O–H groups in total. The maximum absolute atomic E-state index is 13.2. The minimum atomic E-state index is -4.31. The Bertz CT molecular complexity index is 813. The Kier molecular flexibility index (Phi) is 4.05. The normalized spacial score (nSPS) is 11.1. The first kappa shape index (κ1) is 15.1. The predicted molar refractivity (Wildman–Crippen MR) is 71.2 cm³/mol. The quantitative estimate of drug-likeness (QED) is 0.883. The van der Waals surface area contributed by atoms with Crippen LogP contribution in [0.3, 0.4) is 0 Å². The van der Waals surface area contributed by atoms with E-state index < -0.39 is 38.2 Å². The zero-order chi connectivity index (χ0) is 15.6. The predicted octanol–water partition coefficient (Wildman–Crippen LogP) is 1.77. The fourth-order valence-corrected chi connectivity index (χ4v) is 2.96. The molecule has 0 saturated carbocycles. The number of aromatic carboxylic acids is 1. The number of aromatic nitrogens is 2. The highest BCUT2D eigenvalue weighted by molar-refractivity contribution is 7.92. The van der Waals surface area contributed by atoms with Crippen LogP contribution in [0.5, 0.6) is 0 Å². The van der Waals surface area contributed by atoms with E-state index in [-0.39, 0.29) is 5.02 Å². The molecule has 0 aliphatic heterocycles. The highest BCUT2D eigenvalue weighted by Crippen LogP contribution is 2.24. The van der Waals surface area contributed by atoms with Crippen molar-refractivity contribution in [2.45, 2.75) is 4.90 Å². The molecule has 1 heterocycles. The lowest BCUT2D eigenvalue weighted by Crippen LogP contribution is -2.18. The highest BCUT2D eigenvalue weighted by Gasteiger charge is 2.23. The standard InChI is InChI=1S/C11H7ClFN3O4S/c12-7-2-1-6(13)5-8(7)21(19,20)16-10-9(11(17)18)14-3-4-15-10/h1-5H,(H,15,16)(H,17,18). The van der Waals surface area contributed by atoms with Gasteiger partial charge in [0.1, 0.15) is 10.7 Å². The van der Waals surface area contributed by atoms with Crippen LogP contribution in [0.2, 0.25) is 5.02 Å². The van der Waals surface area contributed by atoms with Crippen LogP contribution in [-0.2, 0) is 10.0 Å². The molecule has 0 atom stereocenters. The van der Waals surface area contributed by atoms with Gasteiger partial charge in [-0.3, -0.25) is 4.72 Å². The van der Waals surface area contributed by atoms with E-state index >= 15 is 0 Å². The van der Waals surface area contributed by atoms with Crippen molar-refractivity contribution in [3.05, 3.63) is 47.1 Å². The van der Waals surface area contributed by atoms with E-state index in [1.54, 1.807) is 0 Å². The third-order valence-electron chi connectivity index (χ3n) is 2.31. The molecule has 0 fully saturated rings. The Labute approximate surface area is 123 Å². The van der Waals surface area contributed by atoms with Gasteiger partial charge >= 0.3 is 5.97 Å². The number of benzene rings is 1. The maximum Gasteiger partial charge on any atom is 0.358 e.